The second-order valence-corrected chi connectivity index (χ2v) is 8.61. The molecule has 0 rings (SSSR count). The van der Waals surface area contributed by atoms with Gasteiger partial charge < -0.3 is 9.47 Å². The molecule has 37 heavy (non-hydrogen) atoms. The van der Waals surface area contributed by atoms with Crippen LogP contribution in [0.4, 0.5) is 65.9 Å². The average molecular weight is 606 g/mol. The fourth-order valence-electron chi connectivity index (χ4n) is 2.14. The number of esters is 1. The Hall–Kier alpha value is -1.97. The number of hydrogen-bond acceptors (Lipinski definition) is 5. The highest BCUT2D eigenvalue weighted by Gasteiger charge is 2.90. The van der Waals surface area contributed by atoms with Crippen LogP contribution in [0.2, 0.25) is 0 Å². The molecule has 0 aliphatic rings. The molecule has 0 aromatic heterocycles. The van der Waals surface area contributed by atoms with Crippen molar-refractivity contribution in [2.75, 3.05) is 13.2 Å². The zero-order valence-electron chi connectivity index (χ0n) is 17.5. The Morgan fingerprint density at radius 1 is 0.838 bits per heavy atom. The van der Waals surface area contributed by atoms with Crippen LogP contribution in [0.15, 0.2) is 12.2 Å². The summed E-state index contributed by atoms with van der Waals surface area (Å²) in [6.45, 7) is -1.50. The van der Waals surface area contributed by atoms with Crippen molar-refractivity contribution in [2.45, 2.75) is 60.5 Å². The molecule has 1 atom stereocenters. The van der Waals surface area contributed by atoms with Crippen molar-refractivity contribution in [1.29, 1.82) is 0 Å². The maximum absolute atomic E-state index is 14.0. The number of ether oxygens (including phenoxy) is 2. The van der Waals surface area contributed by atoms with Gasteiger partial charge in [0.2, 0.25) is 0 Å². The van der Waals surface area contributed by atoms with Crippen LogP contribution in [0.3, 0.4) is 0 Å². The fraction of sp³-hybridized carbons (Fsp3) is 0.800. The standard InChI is InChI=1S/C15H13F15O6S/c1-6(2)8(31)35-4-7(36-5-10(18,19)15(29,30)37(32,33)34)3-9(16,17)12(21,22)11(20,13(23,24)25)14(26,27)28/h7H,1,3-5H2,2H3,(H,32,33,34). The molecule has 220 valence electrons. The summed E-state index contributed by atoms with van der Waals surface area (Å²) in [7, 11) is -6.98. The lowest BCUT2D eigenvalue weighted by Gasteiger charge is -2.40. The molecule has 0 aromatic rings. The molecule has 0 saturated carbocycles. The number of carbonyl (C=O) groups is 1. The Labute approximate surface area is 196 Å². The van der Waals surface area contributed by atoms with Crippen molar-refractivity contribution in [3.8, 4) is 0 Å². The Balaban J connectivity index is 6.42. The molecular weight excluding hydrogens is 593 g/mol. The van der Waals surface area contributed by atoms with Crippen LogP contribution >= 0.6 is 0 Å². The van der Waals surface area contributed by atoms with E-state index in [1.807, 2.05) is 0 Å². The van der Waals surface area contributed by atoms with E-state index < -0.39 is 88.4 Å². The van der Waals surface area contributed by atoms with E-state index in [0.29, 0.717) is 0 Å². The molecule has 0 aromatic carbocycles. The monoisotopic (exact) mass is 606 g/mol. The van der Waals surface area contributed by atoms with Gasteiger partial charge in [0.1, 0.15) is 13.2 Å². The van der Waals surface area contributed by atoms with Gasteiger partial charge in [-0.05, 0) is 6.92 Å². The first-order valence-corrected chi connectivity index (χ1v) is 10.1. The van der Waals surface area contributed by atoms with E-state index in [-0.39, 0.29) is 0 Å². The van der Waals surface area contributed by atoms with E-state index >= 15 is 0 Å². The molecule has 6 nitrogen and oxygen atoms in total. The molecule has 0 spiro atoms. The highest BCUT2D eigenvalue weighted by Crippen LogP contribution is 2.60. The highest BCUT2D eigenvalue weighted by atomic mass is 32.2. The molecule has 0 radical (unpaired) electrons. The summed E-state index contributed by atoms with van der Waals surface area (Å²) in [4.78, 5) is 11.3. The molecule has 22 heteroatoms. The van der Waals surface area contributed by atoms with Crippen LogP contribution in [0.5, 0.6) is 0 Å². The van der Waals surface area contributed by atoms with E-state index in [0.717, 1.165) is 6.92 Å². The second kappa shape index (κ2) is 10.3. The minimum Gasteiger partial charge on any atom is -0.460 e. The van der Waals surface area contributed by atoms with Crippen LogP contribution in [0, 0.1) is 0 Å². The minimum atomic E-state index is -7.96. The molecule has 0 amide bonds. The van der Waals surface area contributed by atoms with Gasteiger partial charge in [-0.15, -0.1) is 0 Å². The van der Waals surface area contributed by atoms with Crippen LogP contribution in [-0.2, 0) is 24.4 Å². The maximum Gasteiger partial charge on any atom is 0.438 e. The first-order valence-electron chi connectivity index (χ1n) is 8.65. The Morgan fingerprint density at radius 3 is 1.57 bits per heavy atom. The molecule has 0 aliphatic heterocycles. The zero-order valence-corrected chi connectivity index (χ0v) is 18.3. The average Bonchev–Trinajstić information content (AvgIpc) is 2.65. The van der Waals surface area contributed by atoms with Crippen molar-refractivity contribution in [1.82, 2.24) is 0 Å². The Bertz CT molecular complexity index is 940. The molecular formula is C15H13F15O6S. The van der Waals surface area contributed by atoms with Gasteiger partial charge >= 0.3 is 57.1 Å². The van der Waals surface area contributed by atoms with Crippen molar-refractivity contribution >= 4 is 16.1 Å². The second-order valence-electron chi connectivity index (χ2n) is 7.15. The van der Waals surface area contributed by atoms with E-state index in [2.05, 4.69) is 16.1 Å². The number of rotatable bonds is 12. The Morgan fingerprint density at radius 2 is 1.24 bits per heavy atom. The molecule has 0 bridgehead atoms. The van der Waals surface area contributed by atoms with Gasteiger partial charge in [-0.2, -0.15) is 69.9 Å². The first-order chi connectivity index (χ1) is 15.9. The lowest BCUT2D eigenvalue weighted by Crippen LogP contribution is -2.70. The minimum absolute atomic E-state index is 0.656. The lowest BCUT2D eigenvalue weighted by molar-refractivity contribution is -0.428. The van der Waals surface area contributed by atoms with Crippen LogP contribution < -0.4 is 0 Å². The molecule has 0 fully saturated rings. The van der Waals surface area contributed by atoms with Gasteiger partial charge in [-0.1, -0.05) is 6.58 Å². The van der Waals surface area contributed by atoms with Gasteiger partial charge in [-0.25, -0.2) is 9.18 Å². The van der Waals surface area contributed by atoms with E-state index in [1.54, 1.807) is 0 Å². The fourth-order valence-corrected chi connectivity index (χ4v) is 2.57. The quantitative estimate of drug-likeness (QED) is 0.144. The molecule has 1 N–H and O–H groups in total. The smallest absolute Gasteiger partial charge is 0.438 e. The van der Waals surface area contributed by atoms with E-state index in [4.69, 9.17) is 4.55 Å². The SMILES string of the molecule is C=C(C)C(=O)OCC(CC(F)(F)C(F)(F)C(F)(C(F)(F)F)C(F)(F)F)OCC(F)(F)C(F)(F)S(=O)(=O)O. The largest absolute Gasteiger partial charge is 0.460 e. The third-order valence-electron chi connectivity index (χ3n) is 4.16. The summed E-state index contributed by atoms with van der Waals surface area (Å²) >= 11 is 0. The summed E-state index contributed by atoms with van der Waals surface area (Å²) in [5.41, 5.74) is -8.62. The van der Waals surface area contributed by atoms with Crippen molar-refractivity contribution < 1.29 is 93.1 Å². The summed E-state index contributed by atoms with van der Waals surface area (Å²) in [6, 6.07) is 0. The number of carbonyl (C=O) groups excluding carboxylic acids is 1. The summed E-state index contributed by atoms with van der Waals surface area (Å²) in [5.74, 6) is -22.4. The molecule has 0 aliphatic carbocycles. The zero-order chi connectivity index (χ0) is 30.3. The van der Waals surface area contributed by atoms with Gasteiger partial charge in [0.05, 0.1) is 6.10 Å². The molecule has 1 unspecified atom stereocenters. The van der Waals surface area contributed by atoms with Crippen molar-refractivity contribution in [3.05, 3.63) is 12.2 Å². The maximum atomic E-state index is 14.0. The van der Waals surface area contributed by atoms with E-state index in [9.17, 15) is 79.1 Å². The summed E-state index contributed by atoms with van der Waals surface area (Å²) in [5, 5.41) is -6.47. The molecule has 0 saturated heterocycles. The predicted molar refractivity (Wildman–Crippen MR) is 87.4 cm³/mol. The van der Waals surface area contributed by atoms with Crippen molar-refractivity contribution in [3.63, 3.8) is 0 Å². The normalized spacial score (nSPS) is 15.9. The van der Waals surface area contributed by atoms with Gasteiger partial charge in [0.15, 0.2) is 0 Å². The third-order valence-corrected chi connectivity index (χ3v) is 5.10. The van der Waals surface area contributed by atoms with Gasteiger partial charge in [-0.3, -0.25) is 4.55 Å². The number of alkyl halides is 15. The first kappa shape index (κ1) is 35.0. The predicted octanol–water partition coefficient (Wildman–Crippen LogP) is 5.10. The number of hydrogen-bond donors (Lipinski definition) is 1. The van der Waals surface area contributed by atoms with E-state index in [1.165, 1.54) is 0 Å². The topological polar surface area (TPSA) is 89.9 Å². The third kappa shape index (κ3) is 6.73. The molecule has 0 heterocycles. The van der Waals surface area contributed by atoms with Crippen LogP contribution in [-0.4, -0.2) is 79.3 Å². The van der Waals surface area contributed by atoms with Crippen LogP contribution in [0.1, 0.15) is 13.3 Å². The van der Waals surface area contributed by atoms with Gasteiger partial charge in [0.25, 0.3) is 0 Å². The Kier molecular flexibility index (Phi) is 9.75. The highest BCUT2D eigenvalue weighted by molar-refractivity contribution is 7.87. The number of halogens is 15. The summed E-state index contributed by atoms with van der Waals surface area (Å²) in [6.07, 6.45) is -22.3. The van der Waals surface area contributed by atoms with Gasteiger partial charge in [0, 0.05) is 12.0 Å². The van der Waals surface area contributed by atoms with Crippen molar-refractivity contribution in [2.24, 2.45) is 0 Å². The summed E-state index contributed by atoms with van der Waals surface area (Å²) < 4.78 is 235. The lowest BCUT2D eigenvalue weighted by atomic mass is 9.88. The van der Waals surface area contributed by atoms with Crippen LogP contribution in [0.25, 0.3) is 0 Å².